The van der Waals surface area contributed by atoms with Crippen molar-refractivity contribution < 1.29 is 19.1 Å². The highest BCUT2D eigenvalue weighted by Gasteiger charge is 2.33. The van der Waals surface area contributed by atoms with Crippen LogP contribution in [-0.4, -0.2) is 25.2 Å². The molecule has 0 aromatic rings. The molecule has 4 heteroatoms. The SMILES string of the molecule is CCC(C)(C)C(=O)OC1CCC(C(=O)OC)CC1. The van der Waals surface area contributed by atoms with Gasteiger partial charge in [0.1, 0.15) is 6.10 Å². The summed E-state index contributed by atoms with van der Waals surface area (Å²) < 4.78 is 10.2. The first kappa shape index (κ1) is 15.0. The summed E-state index contributed by atoms with van der Waals surface area (Å²) in [6, 6.07) is 0. The summed E-state index contributed by atoms with van der Waals surface area (Å²) in [5, 5.41) is 0. The maximum Gasteiger partial charge on any atom is 0.311 e. The molecule has 1 saturated carbocycles. The minimum atomic E-state index is -0.417. The third-order valence-corrected chi connectivity index (χ3v) is 3.92. The lowest BCUT2D eigenvalue weighted by molar-refractivity contribution is -0.162. The Labute approximate surface area is 109 Å². The summed E-state index contributed by atoms with van der Waals surface area (Å²) in [7, 11) is 1.41. The molecule has 0 amide bonds. The van der Waals surface area contributed by atoms with Gasteiger partial charge in [0.25, 0.3) is 0 Å². The Bertz CT molecular complexity index is 301. The van der Waals surface area contributed by atoms with E-state index in [1.54, 1.807) is 0 Å². The molecule has 0 aromatic carbocycles. The van der Waals surface area contributed by atoms with Gasteiger partial charge in [0, 0.05) is 0 Å². The third-order valence-electron chi connectivity index (χ3n) is 3.92. The van der Waals surface area contributed by atoms with Gasteiger partial charge in [-0.3, -0.25) is 9.59 Å². The van der Waals surface area contributed by atoms with Gasteiger partial charge >= 0.3 is 11.9 Å². The van der Waals surface area contributed by atoms with Gasteiger partial charge < -0.3 is 9.47 Å². The molecule has 104 valence electrons. The van der Waals surface area contributed by atoms with E-state index in [1.165, 1.54) is 7.11 Å². The Hall–Kier alpha value is -1.06. The van der Waals surface area contributed by atoms with Crippen molar-refractivity contribution in [1.82, 2.24) is 0 Å². The van der Waals surface area contributed by atoms with Crippen molar-refractivity contribution in [2.45, 2.75) is 59.0 Å². The van der Waals surface area contributed by atoms with Gasteiger partial charge in [0.2, 0.25) is 0 Å². The van der Waals surface area contributed by atoms with Crippen LogP contribution in [0.25, 0.3) is 0 Å². The number of carbonyl (C=O) groups excluding carboxylic acids is 2. The van der Waals surface area contributed by atoms with Crippen LogP contribution >= 0.6 is 0 Å². The molecule has 4 nitrogen and oxygen atoms in total. The van der Waals surface area contributed by atoms with Crippen LogP contribution in [0.3, 0.4) is 0 Å². The summed E-state index contributed by atoms with van der Waals surface area (Å²) in [5.74, 6) is -0.302. The van der Waals surface area contributed by atoms with Crippen molar-refractivity contribution in [1.29, 1.82) is 0 Å². The first-order chi connectivity index (χ1) is 8.40. The van der Waals surface area contributed by atoms with E-state index in [-0.39, 0.29) is 24.0 Å². The number of hydrogen-bond acceptors (Lipinski definition) is 4. The summed E-state index contributed by atoms with van der Waals surface area (Å²) >= 11 is 0. The Morgan fingerprint density at radius 1 is 1.17 bits per heavy atom. The minimum absolute atomic E-state index is 0.0239. The third kappa shape index (κ3) is 3.72. The van der Waals surface area contributed by atoms with Gasteiger partial charge in [0.05, 0.1) is 18.4 Å². The smallest absolute Gasteiger partial charge is 0.311 e. The van der Waals surface area contributed by atoms with Gasteiger partial charge in [-0.25, -0.2) is 0 Å². The number of hydrogen-bond donors (Lipinski definition) is 0. The van der Waals surface area contributed by atoms with E-state index in [4.69, 9.17) is 9.47 Å². The molecule has 1 rings (SSSR count). The van der Waals surface area contributed by atoms with E-state index in [1.807, 2.05) is 20.8 Å². The fourth-order valence-electron chi connectivity index (χ4n) is 2.04. The molecule has 0 aromatic heterocycles. The van der Waals surface area contributed by atoms with Crippen LogP contribution in [0, 0.1) is 11.3 Å². The van der Waals surface area contributed by atoms with Gasteiger partial charge in [-0.05, 0) is 46.0 Å². The monoisotopic (exact) mass is 256 g/mol. The number of carbonyl (C=O) groups is 2. The molecule has 0 unspecified atom stereocenters. The normalized spacial score (nSPS) is 24.4. The van der Waals surface area contributed by atoms with E-state index in [0.29, 0.717) is 0 Å². The zero-order chi connectivity index (χ0) is 13.8. The molecule has 0 bridgehead atoms. The average Bonchev–Trinajstić information content (AvgIpc) is 2.38. The van der Waals surface area contributed by atoms with Gasteiger partial charge in [0.15, 0.2) is 0 Å². The van der Waals surface area contributed by atoms with Crippen molar-refractivity contribution in [2.24, 2.45) is 11.3 Å². The number of ether oxygens (including phenoxy) is 2. The first-order valence-electron chi connectivity index (χ1n) is 6.69. The van der Waals surface area contributed by atoms with Crippen molar-refractivity contribution in [3.8, 4) is 0 Å². The lowest BCUT2D eigenvalue weighted by Gasteiger charge is -2.30. The highest BCUT2D eigenvalue weighted by atomic mass is 16.5. The molecule has 1 aliphatic carbocycles. The van der Waals surface area contributed by atoms with Crippen molar-refractivity contribution in [3.05, 3.63) is 0 Å². The van der Waals surface area contributed by atoms with Crippen LogP contribution in [0.2, 0.25) is 0 Å². The van der Waals surface area contributed by atoms with E-state index in [2.05, 4.69) is 0 Å². The molecule has 0 spiro atoms. The Morgan fingerprint density at radius 3 is 2.17 bits per heavy atom. The molecule has 0 heterocycles. The zero-order valence-electron chi connectivity index (χ0n) is 11.8. The summed E-state index contributed by atoms with van der Waals surface area (Å²) in [5.41, 5.74) is -0.417. The maximum atomic E-state index is 11.9. The van der Waals surface area contributed by atoms with E-state index in [0.717, 1.165) is 32.1 Å². The molecule has 0 aliphatic heterocycles. The fraction of sp³-hybridized carbons (Fsp3) is 0.857. The molecular weight excluding hydrogens is 232 g/mol. The fourth-order valence-corrected chi connectivity index (χ4v) is 2.04. The van der Waals surface area contributed by atoms with E-state index >= 15 is 0 Å². The minimum Gasteiger partial charge on any atom is -0.469 e. The predicted octanol–water partition coefficient (Wildman–Crippen LogP) is 2.70. The Kier molecular flexibility index (Phi) is 5.17. The molecule has 1 aliphatic rings. The second-order valence-electron chi connectivity index (χ2n) is 5.64. The highest BCUT2D eigenvalue weighted by molar-refractivity contribution is 5.76. The van der Waals surface area contributed by atoms with Gasteiger partial charge in [-0.2, -0.15) is 0 Å². The summed E-state index contributed by atoms with van der Waals surface area (Å²) in [4.78, 5) is 23.3. The lowest BCUT2D eigenvalue weighted by atomic mass is 9.86. The quantitative estimate of drug-likeness (QED) is 0.726. The van der Waals surface area contributed by atoms with Crippen LogP contribution in [0.5, 0.6) is 0 Å². The molecule has 0 N–H and O–H groups in total. The van der Waals surface area contributed by atoms with Crippen molar-refractivity contribution in [2.75, 3.05) is 7.11 Å². The second-order valence-corrected chi connectivity index (χ2v) is 5.64. The Morgan fingerprint density at radius 2 is 1.72 bits per heavy atom. The summed E-state index contributed by atoms with van der Waals surface area (Å²) in [6.45, 7) is 5.78. The number of esters is 2. The van der Waals surface area contributed by atoms with Crippen LogP contribution in [0.1, 0.15) is 52.9 Å². The largest absolute Gasteiger partial charge is 0.469 e. The van der Waals surface area contributed by atoms with Gasteiger partial charge in [-0.1, -0.05) is 6.92 Å². The first-order valence-corrected chi connectivity index (χ1v) is 6.69. The average molecular weight is 256 g/mol. The van der Waals surface area contributed by atoms with Crippen LogP contribution in [0.15, 0.2) is 0 Å². The van der Waals surface area contributed by atoms with Crippen LogP contribution < -0.4 is 0 Å². The van der Waals surface area contributed by atoms with Crippen LogP contribution in [-0.2, 0) is 19.1 Å². The standard InChI is InChI=1S/C14H24O4/c1-5-14(2,3)13(16)18-11-8-6-10(7-9-11)12(15)17-4/h10-11H,5-9H2,1-4H3. The van der Waals surface area contributed by atoms with Gasteiger partial charge in [-0.15, -0.1) is 0 Å². The molecular formula is C14H24O4. The second kappa shape index (κ2) is 6.21. The topological polar surface area (TPSA) is 52.6 Å². The van der Waals surface area contributed by atoms with Crippen molar-refractivity contribution >= 4 is 11.9 Å². The van der Waals surface area contributed by atoms with Crippen LogP contribution in [0.4, 0.5) is 0 Å². The maximum absolute atomic E-state index is 11.9. The zero-order valence-corrected chi connectivity index (χ0v) is 11.8. The lowest BCUT2D eigenvalue weighted by Crippen LogP contribution is -2.33. The number of methoxy groups -OCH3 is 1. The predicted molar refractivity (Wildman–Crippen MR) is 67.9 cm³/mol. The van der Waals surface area contributed by atoms with E-state index in [9.17, 15) is 9.59 Å². The Balaban J connectivity index is 2.40. The highest BCUT2D eigenvalue weighted by Crippen LogP contribution is 2.30. The summed E-state index contributed by atoms with van der Waals surface area (Å²) in [6.07, 6.45) is 3.73. The molecule has 1 fully saturated rings. The molecule has 18 heavy (non-hydrogen) atoms. The van der Waals surface area contributed by atoms with E-state index < -0.39 is 5.41 Å². The molecule has 0 saturated heterocycles. The molecule has 0 atom stereocenters. The number of rotatable bonds is 4. The van der Waals surface area contributed by atoms with Crippen molar-refractivity contribution in [3.63, 3.8) is 0 Å². The molecule has 0 radical (unpaired) electrons.